The Kier molecular flexibility index (Phi) is 5.16. The standard InChI is InChI=1S/C17H19ClFN/c1-12-5-3-4-6-15(12)14(11-20-2)9-13-7-8-16(18)17(19)10-13/h3-8,10,14,20H,9,11H2,1-2H3. The molecule has 0 bridgehead atoms. The van der Waals surface area contributed by atoms with Crippen molar-refractivity contribution < 1.29 is 4.39 Å². The Morgan fingerprint density at radius 2 is 1.95 bits per heavy atom. The van der Waals surface area contributed by atoms with Gasteiger partial charge in [-0.1, -0.05) is 41.9 Å². The number of hydrogen-bond donors (Lipinski definition) is 1. The highest BCUT2D eigenvalue weighted by molar-refractivity contribution is 6.30. The van der Waals surface area contributed by atoms with E-state index in [1.165, 1.54) is 17.2 Å². The van der Waals surface area contributed by atoms with Gasteiger partial charge < -0.3 is 5.32 Å². The Hall–Kier alpha value is -1.38. The maximum absolute atomic E-state index is 13.5. The molecule has 0 aliphatic rings. The van der Waals surface area contributed by atoms with Crippen LogP contribution in [0.2, 0.25) is 5.02 Å². The van der Waals surface area contributed by atoms with Crippen molar-refractivity contribution in [3.63, 3.8) is 0 Å². The van der Waals surface area contributed by atoms with E-state index in [9.17, 15) is 4.39 Å². The fraction of sp³-hybridized carbons (Fsp3) is 0.294. The van der Waals surface area contributed by atoms with E-state index in [0.29, 0.717) is 5.92 Å². The monoisotopic (exact) mass is 291 g/mol. The summed E-state index contributed by atoms with van der Waals surface area (Å²) in [6.07, 6.45) is 0.791. The summed E-state index contributed by atoms with van der Waals surface area (Å²) in [7, 11) is 1.94. The molecule has 1 nitrogen and oxygen atoms in total. The Morgan fingerprint density at radius 3 is 2.60 bits per heavy atom. The van der Waals surface area contributed by atoms with Crippen LogP contribution < -0.4 is 5.32 Å². The minimum atomic E-state index is -0.350. The van der Waals surface area contributed by atoms with Gasteiger partial charge in [-0.15, -0.1) is 0 Å². The van der Waals surface area contributed by atoms with Gasteiger partial charge in [0.15, 0.2) is 0 Å². The van der Waals surface area contributed by atoms with Crippen molar-refractivity contribution in [2.75, 3.05) is 13.6 Å². The van der Waals surface area contributed by atoms with Crippen LogP contribution in [0.1, 0.15) is 22.6 Å². The second kappa shape index (κ2) is 6.87. The largest absolute Gasteiger partial charge is 0.319 e. The van der Waals surface area contributed by atoms with E-state index in [-0.39, 0.29) is 10.8 Å². The van der Waals surface area contributed by atoms with Crippen LogP contribution in [-0.2, 0) is 6.42 Å². The highest BCUT2D eigenvalue weighted by atomic mass is 35.5. The summed E-state index contributed by atoms with van der Waals surface area (Å²) in [5.74, 6) is -0.0288. The minimum absolute atomic E-state index is 0.176. The number of aryl methyl sites for hydroxylation is 1. The Balaban J connectivity index is 2.25. The number of halogens is 2. The molecule has 0 aliphatic heterocycles. The molecule has 1 N–H and O–H groups in total. The van der Waals surface area contributed by atoms with E-state index >= 15 is 0 Å². The highest BCUT2D eigenvalue weighted by Gasteiger charge is 2.14. The van der Waals surface area contributed by atoms with Crippen LogP contribution in [0.15, 0.2) is 42.5 Å². The first-order valence-electron chi connectivity index (χ1n) is 6.76. The number of nitrogens with one attached hydrogen (secondary N) is 1. The van der Waals surface area contributed by atoms with Gasteiger partial charge in [0.1, 0.15) is 5.82 Å². The Morgan fingerprint density at radius 1 is 1.20 bits per heavy atom. The normalized spacial score (nSPS) is 12.4. The van der Waals surface area contributed by atoms with E-state index in [1.54, 1.807) is 6.07 Å². The molecule has 0 spiro atoms. The fourth-order valence-electron chi connectivity index (χ4n) is 2.53. The molecular formula is C17H19ClFN. The Labute approximate surface area is 124 Å². The van der Waals surface area contributed by atoms with Gasteiger partial charge >= 0.3 is 0 Å². The van der Waals surface area contributed by atoms with Crippen molar-refractivity contribution in [2.24, 2.45) is 0 Å². The average Bonchev–Trinajstić information content (AvgIpc) is 2.43. The van der Waals surface area contributed by atoms with Crippen LogP contribution in [-0.4, -0.2) is 13.6 Å². The van der Waals surface area contributed by atoms with Gasteiger partial charge in [0, 0.05) is 12.5 Å². The first kappa shape index (κ1) is 15.0. The third-order valence-electron chi connectivity index (χ3n) is 3.54. The molecule has 20 heavy (non-hydrogen) atoms. The van der Waals surface area contributed by atoms with E-state index < -0.39 is 0 Å². The molecule has 0 aromatic heterocycles. The Bertz CT molecular complexity index is 583. The molecule has 0 saturated carbocycles. The molecule has 0 heterocycles. The van der Waals surface area contributed by atoms with Gasteiger partial charge in [-0.05, 0) is 49.2 Å². The maximum atomic E-state index is 13.5. The number of hydrogen-bond acceptors (Lipinski definition) is 1. The van der Waals surface area contributed by atoms with Crippen molar-refractivity contribution >= 4 is 11.6 Å². The van der Waals surface area contributed by atoms with Gasteiger partial charge in [-0.2, -0.15) is 0 Å². The lowest BCUT2D eigenvalue weighted by Gasteiger charge is -2.19. The summed E-state index contributed by atoms with van der Waals surface area (Å²) >= 11 is 5.73. The molecule has 106 valence electrons. The first-order chi connectivity index (χ1) is 9.61. The SMILES string of the molecule is CNCC(Cc1ccc(Cl)c(F)c1)c1ccccc1C. The van der Waals surface area contributed by atoms with E-state index in [1.807, 2.05) is 25.2 Å². The highest BCUT2D eigenvalue weighted by Crippen LogP contribution is 2.25. The molecule has 1 atom stereocenters. The molecule has 0 saturated heterocycles. The zero-order valence-corrected chi connectivity index (χ0v) is 12.5. The summed E-state index contributed by atoms with van der Waals surface area (Å²) < 4.78 is 13.5. The predicted octanol–water partition coefficient (Wildman–Crippen LogP) is 4.33. The summed E-state index contributed by atoms with van der Waals surface area (Å²) in [5, 5.41) is 3.40. The van der Waals surface area contributed by atoms with E-state index in [0.717, 1.165) is 18.5 Å². The van der Waals surface area contributed by atoms with Gasteiger partial charge in [0.2, 0.25) is 0 Å². The molecule has 2 rings (SSSR count). The van der Waals surface area contributed by atoms with E-state index in [4.69, 9.17) is 11.6 Å². The molecule has 0 aliphatic carbocycles. The number of likely N-dealkylation sites (N-methyl/N-ethyl adjacent to an activating group) is 1. The van der Waals surface area contributed by atoms with Crippen LogP contribution in [0.25, 0.3) is 0 Å². The summed E-state index contributed by atoms with van der Waals surface area (Å²) in [5.41, 5.74) is 3.54. The van der Waals surface area contributed by atoms with Crippen molar-refractivity contribution in [2.45, 2.75) is 19.3 Å². The quantitative estimate of drug-likeness (QED) is 0.864. The second-order valence-electron chi connectivity index (χ2n) is 5.06. The molecule has 1 unspecified atom stereocenters. The lowest BCUT2D eigenvalue weighted by Crippen LogP contribution is -2.20. The number of rotatable bonds is 5. The van der Waals surface area contributed by atoms with Gasteiger partial charge in [-0.25, -0.2) is 4.39 Å². The van der Waals surface area contributed by atoms with Crippen molar-refractivity contribution in [3.05, 3.63) is 70.0 Å². The maximum Gasteiger partial charge on any atom is 0.142 e. The topological polar surface area (TPSA) is 12.0 Å². The smallest absolute Gasteiger partial charge is 0.142 e. The summed E-state index contributed by atoms with van der Waals surface area (Å²) in [6, 6.07) is 13.4. The van der Waals surface area contributed by atoms with Gasteiger partial charge in [0.25, 0.3) is 0 Å². The van der Waals surface area contributed by atoms with E-state index in [2.05, 4.69) is 24.4 Å². The lowest BCUT2D eigenvalue weighted by molar-refractivity contribution is 0.607. The molecule has 0 amide bonds. The zero-order chi connectivity index (χ0) is 14.5. The van der Waals surface area contributed by atoms with Crippen molar-refractivity contribution in [1.82, 2.24) is 5.32 Å². The average molecular weight is 292 g/mol. The zero-order valence-electron chi connectivity index (χ0n) is 11.8. The number of benzene rings is 2. The van der Waals surface area contributed by atoms with Crippen LogP contribution >= 0.6 is 11.6 Å². The van der Waals surface area contributed by atoms with Crippen LogP contribution in [0.4, 0.5) is 4.39 Å². The molecule has 2 aromatic rings. The predicted molar refractivity (Wildman–Crippen MR) is 83.0 cm³/mol. The molecule has 0 radical (unpaired) electrons. The lowest BCUT2D eigenvalue weighted by atomic mass is 9.89. The molecule has 3 heteroatoms. The second-order valence-corrected chi connectivity index (χ2v) is 5.47. The fourth-order valence-corrected chi connectivity index (χ4v) is 2.65. The van der Waals surface area contributed by atoms with Crippen LogP contribution in [0.3, 0.4) is 0 Å². The van der Waals surface area contributed by atoms with Crippen LogP contribution in [0.5, 0.6) is 0 Å². The van der Waals surface area contributed by atoms with Gasteiger partial charge in [0.05, 0.1) is 5.02 Å². The van der Waals surface area contributed by atoms with Crippen molar-refractivity contribution in [1.29, 1.82) is 0 Å². The van der Waals surface area contributed by atoms with Crippen LogP contribution in [0, 0.1) is 12.7 Å². The third kappa shape index (κ3) is 3.59. The molecule has 2 aromatic carbocycles. The third-order valence-corrected chi connectivity index (χ3v) is 3.85. The summed E-state index contributed by atoms with van der Waals surface area (Å²) in [6.45, 7) is 2.97. The van der Waals surface area contributed by atoms with Crippen molar-refractivity contribution in [3.8, 4) is 0 Å². The molecular weight excluding hydrogens is 273 g/mol. The minimum Gasteiger partial charge on any atom is -0.319 e. The first-order valence-corrected chi connectivity index (χ1v) is 7.13. The molecule has 0 fully saturated rings. The van der Waals surface area contributed by atoms with Gasteiger partial charge in [-0.3, -0.25) is 0 Å². The summed E-state index contributed by atoms with van der Waals surface area (Å²) in [4.78, 5) is 0.